The molecule has 4 aliphatic rings. The van der Waals surface area contributed by atoms with Crippen LogP contribution < -0.4 is 35.2 Å². The van der Waals surface area contributed by atoms with E-state index in [1.807, 2.05) is 28.8 Å². The van der Waals surface area contributed by atoms with Crippen LogP contribution in [0.25, 0.3) is 0 Å². The van der Waals surface area contributed by atoms with Crippen LogP contribution in [-0.2, 0) is 22.3 Å². The topological polar surface area (TPSA) is 98.4 Å². The second-order valence-corrected chi connectivity index (χ2v) is 14.4. The number of nitrogens with zero attached hydrogens (tertiary/aromatic N) is 3. The SMILES string of the molecule is Clc1cccc(N2CCNCC2)c1Cl.[2H]c1cc2c(c([2H])c1OC([2H])([2H])C([2H])([2H])C([2H])([2H])C([2H])([2H])Br)NC(=O)C([2H])([2H])C2([2H])[2H].[2H]c1cc2c(c([2H])c1OC([2H])([2H])C([2H])([2H])C([2H])([2H])C([2H])([2H])N1CCN(c3cccc(Cl)c3Cl)CC1)NC(=O)C([2H])([2H])C2([2H])[2H]. The Morgan fingerprint density at radius 2 is 1.15 bits per heavy atom. The molecular weight excluding hydrogens is 922 g/mol. The summed E-state index contributed by atoms with van der Waals surface area (Å²) in [5.74, 6) is -4.88. The fraction of sp³-hybridized carbons (Fsp3) is 0.435. The van der Waals surface area contributed by atoms with Crippen molar-refractivity contribution in [2.24, 2.45) is 0 Å². The van der Waals surface area contributed by atoms with Crippen LogP contribution >= 0.6 is 62.3 Å². The third-order valence-electron chi connectivity index (χ3n) is 8.54. The van der Waals surface area contributed by atoms with E-state index in [-0.39, 0.29) is 31.2 Å². The molecule has 10 nitrogen and oxygen atoms in total. The molecule has 4 heterocycles. The molecule has 2 saturated heterocycles. The zero-order valence-electron chi connectivity index (χ0n) is 59.6. The fourth-order valence-electron chi connectivity index (χ4n) is 5.67. The molecule has 2 fully saturated rings. The lowest BCUT2D eigenvalue weighted by Gasteiger charge is -2.36. The Balaban J connectivity index is 0.000000241. The van der Waals surface area contributed by atoms with E-state index in [2.05, 4.69) is 26.1 Å². The minimum absolute atomic E-state index is 0.108. The maximum Gasteiger partial charge on any atom is 0.224 e. The van der Waals surface area contributed by atoms with Crippen molar-refractivity contribution in [2.45, 2.75) is 51.0 Å². The van der Waals surface area contributed by atoms with E-state index in [4.69, 9.17) is 94.3 Å². The number of fused-ring (bicyclic) bond motifs is 2. The summed E-state index contributed by atoms with van der Waals surface area (Å²) in [5.41, 5.74) is -0.821. The van der Waals surface area contributed by atoms with Gasteiger partial charge in [0.25, 0.3) is 0 Å². The van der Waals surface area contributed by atoms with Gasteiger partial charge in [-0.25, -0.2) is 0 Å². The highest BCUT2D eigenvalue weighted by Crippen LogP contribution is 2.34. The number of nitrogens with one attached hydrogen (secondary N) is 3. The van der Waals surface area contributed by atoms with Crippen molar-refractivity contribution in [3.8, 4) is 11.5 Å². The zero-order valence-corrected chi connectivity index (χ0v) is 36.2. The Labute approximate surface area is 428 Å². The molecule has 4 aliphatic heterocycles. The molecule has 3 N–H and O–H groups in total. The van der Waals surface area contributed by atoms with Crippen molar-refractivity contribution in [3.05, 3.63) is 104 Å². The summed E-state index contributed by atoms with van der Waals surface area (Å²) in [6.07, 6.45) is -26.7. The number of ether oxygens (including phenoxy) is 2. The largest absolute Gasteiger partial charge is 0.494 e. The summed E-state index contributed by atoms with van der Waals surface area (Å²) in [6.45, 7) is -6.43. The molecule has 4 aromatic carbocycles. The van der Waals surface area contributed by atoms with Gasteiger partial charge in [0.15, 0.2) is 0 Å². The normalized spacial score (nSPS) is 28.1. The van der Waals surface area contributed by atoms with Crippen molar-refractivity contribution in [1.82, 2.24) is 10.2 Å². The number of carbonyl (C=O) groups is 2. The van der Waals surface area contributed by atoms with E-state index < -0.39 is 146 Å². The van der Waals surface area contributed by atoms with E-state index >= 15 is 0 Å². The lowest BCUT2D eigenvalue weighted by Crippen LogP contribution is -2.46. The molecule has 0 saturated carbocycles. The maximum absolute atomic E-state index is 12.3. The zero-order chi connectivity index (χ0) is 68.0. The molecule has 61 heavy (non-hydrogen) atoms. The first kappa shape index (κ1) is 22.5. The predicted molar refractivity (Wildman–Crippen MR) is 257 cm³/mol. The van der Waals surface area contributed by atoms with Gasteiger partial charge in [0.05, 0.1) is 55.5 Å². The first-order chi connectivity index (χ1) is 40.3. The molecule has 328 valence electrons. The van der Waals surface area contributed by atoms with Gasteiger partial charge in [-0.1, -0.05) is 86.6 Å². The third-order valence-corrected chi connectivity index (χ3v) is 10.4. The molecular formula is C46H55BrCl4N6O4. The quantitative estimate of drug-likeness (QED) is 0.114. The molecule has 4 aromatic rings. The number of carbonyl (C=O) groups excluding carboxylic acids is 2. The highest BCUT2D eigenvalue weighted by Gasteiger charge is 2.20. The van der Waals surface area contributed by atoms with Crippen molar-refractivity contribution in [1.29, 1.82) is 0 Å². The molecule has 0 aliphatic carbocycles. The Morgan fingerprint density at radius 3 is 1.66 bits per heavy atom. The maximum atomic E-state index is 12.3. The van der Waals surface area contributed by atoms with Crippen molar-refractivity contribution < 1.29 is 57.4 Å². The van der Waals surface area contributed by atoms with Gasteiger partial charge in [-0.3, -0.25) is 14.5 Å². The van der Waals surface area contributed by atoms with Gasteiger partial charge in [0.2, 0.25) is 11.8 Å². The predicted octanol–water partition coefficient (Wildman–Crippen LogP) is 10.4. The second-order valence-electron chi connectivity index (χ2n) is 12.4. The highest BCUT2D eigenvalue weighted by atomic mass is 79.9. The number of amides is 2. The number of benzene rings is 4. The van der Waals surface area contributed by atoms with E-state index in [9.17, 15) is 9.59 Å². The lowest BCUT2D eigenvalue weighted by atomic mass is 10.0. The number of alkyl halides is 1. The van der Waals surface area contributed by atoms with E-state index in [0.717, 1.165) is 36.8 Å². The van der Waals surface area contributed by atoms with Crippen LogP contribution in [0.5, 0.6) is 11.5 Å². The van der Waals surface area contributed by atoms with Gasteiger partial charge in [0.1, 0.15) is 11.5 Å². The van der Waals surface area contributed by atoms with Gasteiger partial charge in [-0.15, -0.1) is 0 Å². The van der Waals surface area contributed by atoms with Crippen LogP contribution in [0.1, 0.15) is 87.7 Å². The summed E-state index contributed by atoms with van der Waals surface area (Å²) in [4.78, 5) is 29.3. The number of anilines is 4. The monoisotopic (exact) mass is 1000 g/mol. The van der Waals surface area contributed by atoms with Gasteiger partial charge in [-0.05, 0) is 92.2 Å². The number of halogens is 5. The number of hydrogen-bond acceptors (Lipinski definition) is 8. The smallest absolute Gasteiger partial charge is 0.224 e. The molecule has 0 bridgehead atoms. The molecule has 15 heteroatoms. The van der Waals surface area contributed by atoms with Crippen LogP contribution in [0, 0.1) is 0 Å². The lowest BCUT2D eigenvalue weighted by molar-refractivity contribution is -0.117. The summed E-state index contributed by atoms with van der Waals surface area (Å²) in [6, 6.07) is 8.47. The van der Waals surface area contributed by atoms with Crippen LogP contribution in [-0.4, -0.2) is 94.0 Å². The minimum atomic E-state index is -3.78. The molecule has 0 spiro atoms. The van der Waals surface area contributed by atoms with Gasteiger partial charge in [-0.2, -0.15) is 0 Å². The fourth-order valence-corrected chi connectivity index (χ4v) is 6.60. The average Bonchev–Trinajstić information content (AvgIpc) is 0.750. The number of rotatable bonds is 13. The molecule has 0 atom stereocenters. The van der Waals surface area contributed by atoms with Crippen LogP contribution in [0.4, 0.5) is 22.7 Å². The molecule has 8 rings (SSSR count). The first-order valence-corrected chi connectivity index (χ1v) is 20.4. The van der Waals surface area contributed by atoms with E-state index in [1.54, 1.807) is 23.1 Å². The summed E-state index contributed by atoms with van der Waals surface area (Å²) in [5, 5.41) is 6.10. The Hall–Kier alpha value is -3.42. The standard InChI is InChI=1S/C23H27Cl2N3O2.C13H16BrNO2.C10H12Cl2N2/c24-19-4-3-5-21(23(19)25)28-13-11-27(12-14-28)10-1-2-15-30-18-8-6-17-7-9-22(29)26-20(17)16-18;14-7-1-2-8-17-11-5-3-10-4-6-13(16)15-12(10)9-11;11-8-2-1-3-9(10(8)12)14-6-4-13-5-7-14/h3-6,8,16H,1-2,7,9-15H2,(H,26,29);3,5,9H,1-2,4,6-8H2,(H,15,16);1-3,13H,4-7H2/i1D2,2D2,7D2,8D,9D2,10D2,15D2,16D;1D2,2D2,4D2,5D,6D2,7D2,8D2,9D;. The second kappa shape index (κ2) is 24.4. The molecule has 2 amide bonds. The number of aryl methyl sites for hydroxylation is 2. The number of hydrogen-bond donors (Lipinski definition) is 3. The summed E-state index contributed by atoms with van der Waals surface area (Å²) in [7, 11) is 0. The first-order valence-electron chi connectivity index (χ1n) is 32.1. The minimum Gasteiger partial charge on any atom is -0.494 e. The van der Waals surface area contributed by atoms with Crippen molar-refractivity contribution in [2.75, 3.05) is 97.7 Å². The highest BCUT2D eigenvalue weighted by molar-refractivity contribution is 9.09. The van der Waals surface area contributed by atoms with Crippen LogP contribution in [0.3, 0.4) is 0 Å². The molecule has 0 unspecified atom stereocenters. The molecule has 0 radical (unpaired) electrons. The van der Waals surface area contributed by atoms with Crippen molar-refractivity contribution in [3.63, 3.8) is 0 Å². The average molecular weight is 1010 g/mol. The third kappa shape index (κ3) is 14.3. The van der Waals surface area contributed by atoms with Crippen LogP contribution in [0.2, 0.25) is 20.1 Å². The van der Waals surface area contributed by atoms with Gasteiger partial charge < -0.3 is 35.2 Å². The van der Waals surface area contributed by atoms with Gasteiger partial charge >= 0.3 is 0 Å². The van der Waals surface area contributed by atoms with Gasteiger partial charge in [0, 0.05) is 121 Å². The van der Waals surface area contributed by atoms with E-state index in [0.29, 0.717) is 32.9 Å². The summed E-state index contributed by atoms with van der Waals surface area (Å²) < 4.78 is 235. The Kier molecular flexibility index (Phi) is 9.00. The molecule has 0 aromatic heterocycles. The summed E-state index contributed by atoms with van der Waals surface area (Å²) >= 11 is 26.8. The Morgan fingerprint density at radius 1 is 0.656 bits per heavy atom. The van der Waals surface area contributed by atoms with E-state index in [1.165, 1.54) is 0 Å². The Bertz CT molecular complexity index is 3370. The number of piperazine rings is 2. The van der Waals surface area contributed by atoms with Crippen LogP contribution in [0.15, 0.2) is 72.7 Å². The van der Waals surface area contributed by atoms with Crippen molar-refractivity contribution >= 4 is 96.9 Å².